The molecule has 0 aliphatic carbocycles. The summed E-state index contributed by atoms with van der Waals surface area (Å²) in [6.07, 6.45) is 0. The minimum Gasteiger partial charge on any atom is -0.497 e. The first-order chi connectivity index (χ1) is 11.5. The van der Waals surface area contributed by atoms with Crippen LogP contribution in [0.1, 0.15) is 17.3 Å². The third kappa shape index (κ3) is 4.32. The van der Waals surface area contributed by atoms with Crippen LogP contribution in [0, 0.1) is 5.82 Å². The molecule has 2 amide bonds. The molecule has 2 aromatic rings. The lowest BCUT2D eigenvalue weighted by molar-refractivity contribution is -0.116. The van der Waals surface area contributed by atoms with Crippen molar-refractivity contribution in [2.24, 2.45) is 0 Å². The Morgan fingerprint density at radius 3 is 2.38 bits per heavy atom. The molecule has 0 atom stereocenters. The number of hydrogen-bond acceptors (Lipinski definition) is 3. The van der Waals surface area contributed by atoms with Gasteiger partial charge in [0.05, 0.1) is 12.7 Å². The largest absolute Gasteiger partial charge is 0.497 e. The molecule has 6 heteroatoms. The molecule has 0 bridgehead atoms. The second kappa shape index (κ2) is 8.10. The molecule has 0 heterocycles. The molecular formula is C18H19FN2O3. The molecule has 24 heavy (non-hydrogen) atoms. The standard InChI is InChI=1S/C18H19FN2O3/c1-13(22)21(14-7-9-15(24-2)10-8-14)12-11-20-18(23)16-5-3-4-6-17(16)19/h3-10H,11-12H2,1-2H3,(H,20,23). The summed E-state index contributed by atoms with van der Waals surface area (Å²) in [4.78, 5) is 25.3. The second-order valence-corrected chi connectivity index (χ2v) is 5.10. The third-order valence-corrected chi connectivity index (χ3v) is 3.50. The molecule has 5 nitrogen and oxygen atoms in total. The number of carbonyl (C=O) groups is 2. The fraction of sp³-hybridized carbons (Fsp3) is 0.222. The van der Waals surface area contributed by atoms with Gasteiger partial charge < -0.3 is 15.0 Å². The zero-order chi connectivity index (χ0) is 17.5. The summed E-state index contributed by atoms with van der Waals surface area (Å²) in [5.41, 5.74) is 0.680. The molecule has 0 unspecified atom stereocenters. The molecule has 0 aromatic heterocycles. The lowest BCUT2D eigenvalue weighted by Gasteiger charge is -2.21. The van der Waals surface area contributed by atoms with Gasteiger partial charge >= 0.3 is 0 Å². The van der Waals surface area contributed by atoms with E-state index in [2.05, 4.69) is 5.32 Å². The Kier molecular flexibility index (Phi) is 5.89. The molecule has 0 aliphatic heterocycles. The summed E-state index contributed by atoms with van der Waals surface area (Å²) in [6, 6.07) is 12.8. The van der Waals surface area contributed by atoms with Crippen LogP contribution in [0.4, 0.5) is 10.1 Å². The van der Waals surface area contributed by atoms with Gasteiger partial charge in [-0.05, 0) is 36.4 Å². The molecule has 0 saturated carbocycles. The molecule has 0 radical (unpaired) electrons. The van der Waals surface area contributed by atoms with E-state index in [1.165, 1.54) is 30.0 Å². The summed E-state index contributed by atoms with van der Waals surface area (Å²) >= 11 is 0. The van der Waals surface area contributed by atoms with Crippen LogP contribution in [0.5, 0.6) is 5.75 Å². The Bertz CT molecular complexity index is 716. The van der Waals surface area contributed by atoms with Crippen molar-refractivity contribution in [3.05, 3.63) is 59.9 Å². The Balaban J connectivity index is 1.98. The van der Waals surface area contributed by atoms with Crippen molar-refractivity contribution in [1.82, 2.24) is 5.32 Å². The third-order valence-electron chi connectivity index (χ3n) is 3.50. The number of nitrogens with one attached hydrogen (secondary N) is 1. The van der Waals surface area contributed by atoms with E-state index in [-0.39, 0.29) is 24.6 Å². The number of anilines is 1. The van der Waals surface area contributed by atoms with Crippen LogP contribution in [-0.2, 0) is 4.79 Å². The maximum absolute atomic E-state index is 13.6. The number of halogens is 1. The van der Waals surface area contributed by atoms with Crippen molar-refractivity contribution in [2.45, 2.75) is 6.92 Å². The molecule has 126 valence electrons. The predicted octanol–water partition coefficient (Wildman–Crippen LogP) is 2.62. The van der Waals surface area contributed by atoms with E-state index in [9.17, 15) is 14.0 Å². The van der Waals surface area contributed by atoms with Crippen molar-refractivity contribution in [3.8, 4) is 5.75 Å². The van der Waals surface area contributed by atoms with Crippen LogP contribution in [0.2, 0.25) is 0 Å². The Labute approximate surface area is 140 Å². The average molecular weight is 330 g/mol. The monoisotopic (exact) mass is 330 g/mol. The lowest BCUT2D eigenvalue weighted by atomic mass is 10.2. The number of benzene rings is 2. The summed E-state index contributed by atoms with van der Waals surface area (Å²) in [6.45, 7) is 1.93. The Morgan fingerprint density at radius 2 is 1.79 bits per heavy atom. The first kappa shape index (κ1) is 17.5. The zero-order valence-electron chi connectivity index (χ0n) is 13.6. The minimum atomic E-state index is -0.575. The van der Waals surface area contributed by atoms with Crippen LogP contribution >= 0.6 is 0 Å². The smallest absolute Gasteiger partial charge is 0.254 e. The number of amides is 2. The number of methoxy groups -OCH3 is 1. The van der Waals surface area contributed by atoms with Crippen LogP contribution in [0.3, 0.4) is 0 Å². The summed E-state index contributed by atoms with van der Waals surface area (Å²) in [5, 5.41) is 2.62. The first-order valence-corrected chi connectivity index (χ1v) is 7.48. The normalized spacial score (nSPS) is 10.1. The van der Waals surface area contributed by atoms with E-state index >= 15 is 0 Å². The number of ether oxygens (including phenoxy) is 1. The van der Waals surface area contributed by atoms with Gasteiger partial charge in [0.1, 0.15) is 11.6 Å². The molecule has 0 spiro atoms. The SMILES string of the molecule is COc1ccc(N(CCNC(=O)c2ccccc2F)C(C)=O)cc1. The quantitative estimate of drug-likeness (QED) is 0.886. The van der Waals surface area contributed by atoms with Gasteiger partial charge in [-0.1, -0.05) is 12.1 Å². The van der Waals surface area contributed by atoms with Crippen molar-refractivity contribution in [1.29, 1.82) is 0 Å². The molecule has 0 saturated heterocycles. The Morgan fingerprint density at radius 1 is 1.12 bits per heavy atom. The van der Waals surface area contributed by atoms with E-state index in [4.69, 9.17) is 4.74 Å². The van der Waals surface area contributed by atoms with Crippen LogP contribution in [0.25, 0.3) is 0 Å². The molecule has 2 rings (SSSR count). The van der Waals surface area contributed by atoms with E-state index in [1.807, 2.05) is 0 Å². The summed E-state index contributed by atoms with van der Waals surface area (Å²) in [7, 11) is 1.57. The second-order valence-electron chi connectivity index (χ2n) is 5.10. The van der Waals surface area contributed by atoms with Crippen LogP contribution in [-0.4, -0.2) is 32.0 Å². The van der Waals surface area contributed by atoms with E-state index in [0.29, 0.717) is 11.4 Å². The van der Waals surface area contributed by atoms with Crippen LogP contribution in [0.15, 0.2) is 48.5 Å². The highest BCUT2D eigenvalue weighted by Crippen LogP contribution is 2.19. The van der Waals surface area contributed by atoms with Crippen molar-refractivity contribution in [2.75, 3.05) is 25.1 Å². The van der Waals surface area contributed by atoms with Gasteiger partial charge in [-0.3, -0.25) is 9.59 Å². The van der Waals surface area contributed by atoms with Crippen molar-refractivity contribution in [3.63, 3.8) is 0 Å². The summed E-state index contributed by atoms with van der Waals surface area (Å²) < 4.78 is 18.6. The van der Waals surface area contributed by atoms with Crippen molar-refractivity contribution < 1.29 is 18.7 Å². The topological polar surface area (TPSA) is 58.6 Å². The van der Waals surface area contributed by atoms with Gasteiger partial charge in [0.2, 0.25) is 5.91 Å². The first-order valence-electron chi connectivity index (χ1n) is 7.48. The van der Waals surface area contributed by atoms with Gasteiger partial charge in [-0.25, -0.2) is 4.39 Å². The maximum atomic E-state index is 13.6. The van der Waals surface area contributed by atoms with Gasteiger partial charge in [0, 0.05) is 25.7 Å². The number of rotatable bonds is 6. The molecule has 0 fully saturated rings. The number of carbonyl (C=O) groups excluding carboxylic acids is 2. The predicted molar refractivity (Wildman–Crippen MR) is 89.8 cm³/mol. The Hall–Kier alpha value is -2.89. The van der Waals surface area contributed by atoms with Gasteiger partial charge in [-0.15, -0.1) is 0 Å². The fourth-order valence-corrected chi connectivity index (χ4v) is 2.25. The van der Waals surface area contributed by atoms with Crippen LogP contribution < -0.4 is 15.0 Å². The molecule has 0 aliphatic rings. The maximum Gasteiger partial charge on any atom is 0.254 e. The molecular weight excluding hydrogens is 311 g/mol. The van der Waals surface area contributed by atoms with E-state index in [0.717, 1.165) is 0 Å². The van der Waals surface area contributed by atoms with Gasteiger partial charge in [0.15, 0.2) is 0 Å². The van der Waals surface area contributed by atoms with E-state index in [1.54, 1.807) is 37.4 Å². The average Bonchev–Trinajstić information content (AvgIpc) is 2.59. The van der Waals surface area contributed by atoms with Crippen molar-refractivity contribution >= 4 is 17.5 Å². The highest BCUT2D eigenvalue weighted by molar-refractivity contribution is 5.95. The summed E-state index contributed by atoms with van der Waals surface area (Å²) in [5.74, 6) is -0.546. The molecule has 2 aromatic carbocycles. The lowest BCUT2D eigenvalue weighted by Crippen LogP contribution is -2.37. The number of nitrogens with zero attached hydrogens (tertiary/aromatic N) is 1. The zero-order valence-corrected chi connectivity index (χ0v) is 13.6. The highest BCUT2D eigenvalue weighted by atomic mass is 19.1. The molecule has 1 N–H and O–H groups in total. The fourth-order valence-electron chi connectivity index (χ4n) is 2.25. The van der Waals surface area contributed by atoms with Gasteiger partial charge in [0.25, 0.3) is 5.91 Å². The number of hydrogen-bond donors (Lipinski definition) is 1. The highest BCUT2D eigenvalue weighted by Gasteiger charge is 2.14. The van der Waals surface area contributed by atoms with E-state index < -0.39 is 11.7 Å². The van der Waals surface area contributed by atoms with Gasteiger partial charge in [-0.2, -0.15) is 0 Å². The minimum absolute atomic E-state index is 0.0173.